The maximum absolute atomic E-state index is 16.2. The predicted molar refractivity (Wildman–Crippen MR) is 149 cm³/mol. The number of phosphoric acid groups is 1. The van der Waals surface area contributed by atoms with E-state index in [9.17, 15) is 14.2 Å². The quantitative estimate of drug-likeness (QED) is 0.207. The highest BCUT2D eigenvalue weighted by atomic mass is 32.2. The van der Waals surface area contributed by atoms with Gasteiger partial charge in [0.2, 0.25) is 11.8 Å². The molecule has 42 heavy (non-hydrogen) atoms. The second-order valence-electron chi connectivity index (χ2n) is 11.1. The third kappa shape index (κ3) is 6.56. The summed E-state index contributed by atoms with van der Waals surface area (Å²) in [6.45, 7) is 7.46. The third-order valence-electron chi connectivity index (χ3n) is 6.86. The average Bonchev–Trinajstić information content (AvgIpc) is 3.45. The number of anilines is 1. The van der Waals surface area contributed by atoms with E-state index in [0.717, 1.165) is 11.8 Å². The van der Waals surface area contributed by atoms with Gasteiger partial charge < -0.3 is 25.7 Å². The van der Waals surface area contributed by atoms with Gasteiger partial charge in [0, 0.05) is 5.75 Å². The number of nitrogens with zero attached hydrogens (tertiary/aromatic N) is 4. The Bertz CT molecular complexity index is 1380. The van der Waals surface area contributed by atoms with Gasteiger partial charge >= 0.3 is 13.8 Å². The smallest absolute Gasteiger partial charge is 0.475 e. The molecule has 2 aromatic heterocycles. The van der Waals surface area contributed by atoms with Crippen molar-refractivity contribution >= 4 is 47.8 Å². The first kappa shape index (κ1) is 32.5. The van der Waals surface area contributed by atoms with Crippen molar-refractivity contribution < 1.29 is 46.3 Å². The number of nitrogens with two attached hydrogens (primary N) is 2. The van der Waals surface area contributed by atoms with Crippen LogP contribution in [0.3, 0.4) is 0 Å². The molecule has 0 bridgehead atoms. The Labute approximate surface area is 246 Å². The first-order valence-corrected chi connectivity index (χ1v) is 15.6. The number of halogens is 1. The summed E-state index contributed by atoms with van der Waals surface area (Å²) in [6, 6.07) is -0.786. The van der Waals surface area contributed by atoms with Crippen LogP contribution in [0.4, 0.5) is 10.3 Å². The number of rotatable bonds is 11. The molecule has 4 N–H and O–H groups in total. The summed E-state index contributed by atoms with van der Waals surface area (Å²) >= 11 is 0.900. The number of hydrogen-bond acceptors (Lipinski definition) is 15. The fraction of sp³-hybridized carbons (Fsp3) is 0.708. The van der Waals surface area contributed by atoms with Gasteiger partial charge in [-0.1, -0.05) is 25.6 Å². The van der Waals surface area contributed by atoms with Gasteiger partial charge in [-0.25, -0.2) is 13.9 Å². The van der Waals surface area contributed by atoms with Crippen LogP contribution in [-0.4, -0.2) is 87.2 Å². The second kappa shape index (κ2) is 12.3. The van der Waals surface area contributed by atoms with Crippen molar-refractivity contribution in [1.29, 1.82) is 0 Å². The van der Waals surface area contributed by atoms with Crippen LogP contribution >= 0.6 is 19.6 Å². The number of aromatic nitrogens is 4. The summed E-state index contributed by atoms with van der Waals surface area (Å²) in [6.07, 6.45) is -2.21. The number of hydrogen-bond donors (Lipinski definition) is 2. The van der Waals surface area contributed by atoms with Crippen molar-refractivity contribution in [2.45, 2.75) is 64.8 Å². The third-order valence-corrected chi connectivity index (χ3v) is 9.49. The topological polar surface area (TPSA) is 202 Å². The molecule has 18 heteroatoms. The van der Waals surface area contributed by atoms with E-state index in [0.29, 0.717) is 0 Å². The van der Waals surface area contributed by atoms with E-state index in [1.54, 1.807) is 27.7 Å². The number of imidazole rings is 1. The molecular weight excluding hydrogens is 598 g/mol. The number of nitrogen functional groups attached to an aromatic ring is 1. The Morgan fingerprint density at radius 2 is 2.07 bits per heavy atom. The van der Waals surface area contributed by atoms with Crippen molar-refractivity contribution in [3.8, 4) is 5.88 Å². The minimum atomic E-state index is -4.20. The number of thioether (sulfide) groups is 1. The largest absolute Gasteiger partial charge is 0.479 e. The molecule has 0 amide bonds. The molecule has 2 fully saturated rings. The molecule has 4 heterocycles. The highest BCUT2D eigenvalue weighted by molar-refractivity contribution is 8.13. The summed E-state index contributed by atoms with van der Waals surface area (Å²) in [5.41, 5.74) is 8.75. The highest BCUT2D eigenvalue weighted by Crippen LogP contribution is 2.59. The standard InChI is InChI=1S/C24H36FN6O9PS/c1-12(2)14(26)19(32)36-10-23(3,4)21(33)42-8-7-37-41(34)38-9-13-16(40-41)24(5,25)20(39-13)31-11-28-15-17(31)29-22(27)30-18(15)35-6/h11-14,16,20H,7-10,26H2,1-6H3,(H2,27,29,30)/t13-,14+,16-,20-,24-,41-/m1/s1. The molecule has 0 saturated carbocycles. The number of esters is 1. The lowest BCUT2D eigenvalue weighted by atomic mass is 9.97. The lowest BCUT2D eigenvalue weighted by Gasteiger charge is -2.33. The molecule has 0 spiro atoms. The van der Waals surface area contributed by atoms with Crippen LogP contribution in [0.5, 0.6) is 5.88 Å². The number of methoxy groups -OCH3 is 1. The molecule has 4 rings (SSSR count). The van der Waals surface area contributed by atoms with Crippen molar-refractivity contribution in [2.24, 2.45) is 17.1 Å². The zero-order chi connectivity index (χ0) is 31.0. The first-order valence-electron chi connectivity index (χ1n) is 13.1. The predicted octanol–water partition coefficient (Wildman–Crippen LogP) is 2.40. The molecule has 0 unspecified atom stereocenters. The van der Waals surface area contributed by atoms with Crippen molar-refractivity contribution in [3.63, 3.8) is 0 Å². The van der Waals surface area contributed by atoms with Gasteiger partial charge in [-0.2, -0.15) is 9.97 Å². The Morgan fingerprint density at radius 1 is 1.36 bits per heavy atom. The van der Waals surface area contributed by atoms with Gasteiger partial charge in [0.15, 0.2) is 28.2 Å². The van der Waals surface area contributed by atoms with Gasteiger partial charge in [0.25, 0.3) is 0 Å². The van der Waals surface area contributed by atoms with Gasteiger partial charge in [-0.15, -0.1) is 0 Å². The highest BCUT2D eigenvalue weighted by Gasteiger charge is 2.61. The van der Waals surface area contributed by atoms with Crippen LogP contribution in [-0.2, 0) is 37.2 Å². The van der Waals surface area contributed by atoms with E-state index in [-0.39, 0.29) is 59.6 Å². The number of carbonyl (C=O) groups is 2. The summed E-state index contributed by atoms with van der Waals surface area (Å²) in [4.78, 5) is 37.0. The van der Waals surface area contributed by atoms with Crippen LogP contribution in [0, 0.1) is 11.3 Å². The van der Waals surface area contributed by atoms with Gasteiger partial charge in [0.05, 0.1) is 32.1 Å². The van der Waals surface area contributed by atoms with E-state index in [1.807, 2.05) is 0 Å². The Morgan fingerprint density at radius 3 is 2.74 bits per heavy atom. The zero-order valence-corrected chi connectivity index (χ0v) is 25.9. The minimum Gasteiger partial charge on any atom is -0.479 e. The number of fused-ring (bicyclic) bond motifs is 2. The monoisotopic (exact) mass is 634 g/mol. The van der Waals surface area contributed by atoms with E-state index in [2.05, 4.69) is 15.0 Å². The number of carbonyl (C=O) groups excluding carboxylic acids is 2. The maximum Gasteiger partial charge on any atom is 0.475 e. The lowest BCUT2D eigenvalue weighted by molar-refractivity contribution is -0.150. The van der Waals surface area contributed by atoms with E-state index in [1.165, 1.54) is 24.9 Å². The van der Waals surface area contributed by atoms with Crippen LogP contribution in [0.1, 0.15) is 40.8 Å². The maximum atomic E-state index is 16.2. The lowest BCUT2D eigenvalue weighted by Crippen LogP contribution is -2.44. The van der Waals surface area contributed by atoms with Crippen molar-refractivity contribution in [1.82, 2.24) is 19.5 Å². The molecule has 15 nitrogen and oxygen atoms in total. The van der Waals surface area contributed by atoms with Gasteiger partial charge in [-0.05, 0) is 26.7 Å². The van der Waals surface area contributed by atoms with E-state index >= 15 is 4.39 Å². The van der Waals surface area contributed by atoms with Gasteiger partial charge in [-0.3, -0.25) is 27.7 Å². The number of ether oxygens (including phenoxy) is 3. The molecular formula is C24H36FN6O9PS. The molecule has 2 aliphatic heterocycles. The Hall–Kier alpha value is -2.40. The van der Waals surface area contributed by atoms with E-state index < -0.39 is 49.4 Å². The van der Waals surface area contributed by atoms with Gasteiger partial charge in [0.1, 0.15) is 24.9 Å². The molecule has 2 saturated heterocycles. The van der Waals surface area contributed by atoms with Crippen LogP contribution in [0.25, 0.3) is 11.2 Å². The average molecular weight is 635 g/mol. The van der Waals surface area contributed by atoms with Crippen LogP contribution in [0.2, 0.25) is 0 Å². The molecule has 0 aromatic carbocycles. The second-order valence-corrected chi connectivity index (χ2v) is 13.8. The summed E-state index contributed by atoms with van der Waals surface area (Å²) in [5, 5.41) is -0.280. The van der Waals surface area contributed by atoms with Crippen molar-refractivity contribution in [2.75, 3.05) is 38.4 Å². The number of phosphoric ester groups is 1. The molecule has 2 aromatic rings. The molecule has 2 aliphatic rings. The fourth-order valence-electron chi connectivity index (χ4n) is 4.29. The van der Waals surface area contributed by atoms with Crippen LogP contribution in [0.15, 0.2) is 6.33 Å². The van der Waals surface area contributed by atoms with Crippen LogP contribution < -0.4 is 16.2 Å². The first-order chi connectivity index (χ1) is 19.6. The molecule has 0 radical (unpaired) electrons. The molecule has 6 atom stereocenters. The summed E-state index contributed by atoms with van der Waals surface area (Å²) < 4.78 is 63.3. The zero-order valence-electron chi connectivity index (χ0n) is 24.1. The number of alkyl halides is 1. The summed E-state index contributed by atoms with van der Waals surface area (Å²) in [7, 11) is -2.81. The Kier molecular flexibility index (Phi) is 9.52. The fourth-order valence-corrected chi connectivity index (χ4v) is 6.68. The molecule has 0 aliphatic carbocycles. The molecule has 234 valence electrons. The van der Waals surface area contributed by atoms with E-state index in [4.69, 9.17) is 39.2 Å². The van der Waals surface area contributed by atoms with Crippen molar-refractivity contribution in [3.05, 3.63) is 6.33 Å². The minimum absolute atomic E-state index is 0.0858. The SMILES string of the molecule is COc1nc(N)nc2c1ncn2[C@@H]1O[C@@H]2CO[P@@](=O)(OCCSC(=O)C(C)(C)COC(=O)[C@@H](N)C(C)C)O[C@H]2[C@@]1(C)F. The normalized spacial score (nSPS) is 28.5. The Balaban J connectivity index is 1.33. The summed E-state index contributed by atoms with van der Waals surface area (Å²) in [5.74, 6) is -0.599.